The Labute approximate surface area is 166 Å². The lowest BCUT2D eigenvalue weighted by Gasteiger charge is -2.18. The van der Waals surface area contributed by atoms with Crippen molar-refractivity contribution in [3.63, 3.8) is 0 Å². The van der Waals surface area contributed by atoms with E-state index in [9.17, 15) is 4.79 Å². The van der Waals surface area contributed by atoms with Crippen LogP contribution in [-0.2, 0) is 5.41 Å². The number of nitrogens with zero attached hydrogens (tertiary/aromatic N) is 5. The summed E-state index contributed by atoms with van der Waals surface area (Å²) < 4.78 is 9.04. The first-order chi connectivity index (χ1) is 13.4. The molecule has 5 rings (SSSR count). The highest BCUT2D eigenvalue weighted by Crippen LogP contribution is 2.47. The minimum atomic E-state index is -0.138. The Hall–Kier alpha value is -2.67. The van der Waals surface area contributed by atoms with Gasteiger partial charge in [0.1, 0.15) is 17.5 Å². The predicted octanol–water partition coefficient (Wildman–Crippen LogP) is 4.38. The van der Waals surface area contributed by atoms with Crippen molar-refractivity contribution in [3.05, 3.63) is 45.8 Å². The topological polar surface area (TPSA) is 78.2 Å². The number of benzene rings is 1. The smallest absolute Gasteiger partial charge is 0.278 e. The highest BCUT2D eigenvalue weighted by atomic mass is 35.5. The van der Waals surface area contributed by atoms with Gasteiger partial charge in [-0.2, -0.15) is 4.98 Å². The van der Waals surface area contributed by atoms with E-state index in [0.717, 1.165) is 30.3 Å². The first-order valence-electron chi connectivity index (χ1n) is 9.48. The Balaban J connectivity index is 1.83. The van der Waals surface area contributed by atoms with Gasteiger partial charge in [-0.15, -0.1) is 0 Å². The van der Waals surface area contributed by atoms with Crippen molar-refractivity contribution in [1.29, 1.82) is 0 Å². The number of halogens is 1. The van der Waals surface area contributed by atoms with Crippen LogP contribution in [0.15, 0.2) is 33.8 Å². The second kappa shape index (κ2) is 5.91. The summed E-state index contributed by atoms with van der Waals surface area (Å²) in [6.07, 6.45) is 4.51. The van der Waals surface area contributed by atoms with Gasteiger partial charge in [-0.05, 0) is 44.4 Å². The van der Waals surface area contributed by atoms with Crippen LogP contribution in [0.1, 0.15) is 52.0 Å². The summed E-state index contributed by atoms with van der Waals surface area (Å²) in [5.41, 5.74) is 2.35. The normalized spacial score (nSPS) is 16.7. The van der Waals surface area contributed by atoms with Gasteiger partial charge in [0.25, 0.3) is 5.56 Å². The Bertz CT molecular complexity index is 1280. The second-order valence-electron chi connectivity index (χ2n) is 7.86. The van der Waals surface area contributed by atoms with Crippen LogP contribution in [0, 0.1) is 0 Å². The highest BCUT2D eigenvalue weighted by Gasteiger charge is 2.44. The first-order valence-corrected chi connectivity index (χ1v) is 9.86. The summed E-state index contributed by atoms with van der Waals surface area (Å²) >= 11 is 6.22. The number of hydrogen-bond acceptors (Lipinski definition) is 5. The molecule has 7 nitrogen and oxygen atoms in total. The molecule has 1 aliphatic rings. The van der Waals surface area contributed by atoms with Crippen LogP contribution in [0.3, 0.4) is 0 Å². The molecular weight excluding hydrogens is 378 g/mol. The second-order valence-corrected chi connectivity index (χ2v) is 8.30. The van der Waals surface area contributed by atoms with Gasteiger partial charge in [0.05, 0.1) is 11.0 Å². The average molecular weight is 398 g/mol. The van der Waals surface area contributed by atoms with E-state index in [4.69, 9.17) is 16.1 Å². The van der Waals surface area contributed by atoms with Crippen LogP contribution in [-0.4, -0.2) is 24.1 Å². The van der Waals surface area contributed by atoms with E-state index in [-0.39, 0.29) is 17.0 Å². The molecular formula is C20H20ClN5O2. The fraction of sp³-hybridized carbons (Fsp3) is 0.400. The maximum absolute atomic E-state index is 13.5. The van der Waals surface area contributed by atoms with Gasteiger partial charge >= 0.3 is 0 Å². The van der Waals surface area contributed by atoms with Crippen molar-refractivity contribution in [2.75, 3.05) is 0 Å². The van der Waals surface area contributed by atoms with Gasteiger partial charge in [0, 0.05) is 16.5 Å². The number of hydrogen-bond donors (Lipinski definition) is 0. The Morgan fingerprint density at radius 1 is 1.32 bits per heavy atom. The lowest BCUT2D eigenvalue weighted by atomic mass is 10.1. The van der Waals surface area contributed by atoms with Gasteiger partial charge < -0.3 is 9.09 Å². The Kier molecular flexibility index (Phi) is 3.68. The third-order valence-corrected chi connectivity index (χ3v) is 6.07. The zero-order chi connectivity index (χ0) is 19.6. The molecule has 0 radical (unpaired) electrons. The zero-order valence-corrected chi connectivity index (χ0v) is 16.7. The number of fused-ring (bicyclic) bond motifs is 3. The maximum atomic E-state index is 13.5. The molecule has 0 N–H and O–H groups in total. The first kappa shape index (κ1) is 17.4. The molecule has 1 fully saturated rings. The van der Waals surface area contributed by atoms with Gasteiger partial charge in [-0.3, -0.25) is 9.20 Å². The summed E-state index contributed by atoms with van der Waals surface area (Å²) in [4.78, 5) is 22.5. The van der Waals surface area contributed by atoms with E-state index in [2.05, 4.69) is 29.0 Å². The lowest BCUT2D eigenvalue weighted by Crippen LogP contribution is -2.25. The molecule has 0 bridgehead atoms. The van der Waals surface area contributed by atoms with Crippen LogP contribution in [0.4, 0.5) is 0 Å². The van der Waals surface area contributed by atoms with Crippen molar-refractivity contribution < 1.29 is 4.52 Å². The molecule has 1 aromatic carbocycles. The molecule has 3 aromatic heterocycles. The molecule has 1 aliphatic carbocycles. The van der Waals surface area contributed by atoms with E-state index >= 15 is 0 Å². The molecule has 1 saturated carbocycles. The number of rotatable bonds is 4. The summed E-state index contributed by atoms with van der Waals surface area (Å²) in [5.74, 6) is 0.963. The van der Waals surface area contributed by atoms with Gasteiger partial charge in [-0.1, -0.05) is 30.6 Å². The van der Waals surface area contributed by atoms with Crippen molar-refractivity contribution in [1.82, 2.24) is 24.1 Å². The minimum absolute atomic E-state index is 0.00687. The molecule has 28 heavy (non-hydrogen) atoms. The molecule has 0 spiro atoms. The minimum Gasteiger partial charge on any atom is -0.338 e. The number of imidazole rings is 1. The molecule has 144 valence electrons. The molecule has 0 aliphatic heterocycles. The summed E-state index contributed by atoms with van der Waals surface area (Å²) in [6.45, 7) is 6.17. The van der Waals surface area contributed by atoms with Gasteiger partial charge in [-0.25, -0.2) is 4.98 Å². The quantitative estimate of drug-likeness (QED) is 0.510. The van der Waals surface area contributed by atoms with E-state index in [0.29, 0.717) is 27.9 Å². The van der Waals surface area contributed by atoms with Crippen molar-refractivity contribution >= 4 is 28.2 Å². The average Bonchev–Trinajstić information content (AvgIpc) is 3.11. The van der Waals surface area contributed by atoms with Crippen LogP contribution >= 0.6 is 11.6 Å². The molecule has 1 atom stereocenters. The van der Waals surface area contributed by atoms with Crippen LogP contribution in [0.2, 0.25) is 5.02 Å². The largest absolute Gasteiger partial charge is 0.338 e. The summed E-state index contributed by atoms with van der Waals surface area (Å²) in [5, 5.41) is 4.70. The van der Waals surface area contributed by atoms with Crippen molar-refractivity contribution in [3.8, 4) is 11.5 Å². The fourth-order valence-corrected chi connectivity index (χ4v) is 3.77. The van der Waals surface area contributed by atoms with Crippen LogP contribution in [0.5, 0.6) is 0 Å². The van der Waals surface area contributed by atoms with E-state index in [1.54, 1.807) is 15.3 Å². The summed E-state index contributed by atoms with van der Waals surface area (Å²) in [6, 6.07) is 5.55. The summed E-state index contributed by atoms with van der Waals surface area (Å²) in [7, 11) is 0. The molecule has 0 amide bonds. The Morgan fingerprint density at radius 3 is 2.82 bits per heavy atom. The maximum Gasteiger partial charge on any atom is 0.278 e. The number of aromatic nitrogens is 5. The van der Waals surface area contributed by atoms with E-state index in [1.807, 2.05) is 25.1 Å². The molecule has 4 aromatic rings. The van der Waals surface area contributed by atoms with Crippen molar-refractivity contribution in [2.45, 2.75) is 51.5 Å². The molecule has 3 heterocycles. The molecule has 0 saturated heterocycles. The molecule has 8 heteroatoms. The predicted molar refractivity (Wildman–Crippen MR) is 107 cm³/mol. The van der Waals surface area contributed by atoms with E-state index in [1.165, 1.54) is 0 Å². The van der Waals surface area contributed by atoms with Crippen molar-refractivity contribution in [2.24, 2.45) is 0 Å². The standard InChI is InChI=1S/C20H20ClN5O2/c1-4-11(2)26-14-9-12(21)5-6-13(14)25-10-22-15(16(25)18(26)27)17-23-19(28-24-17)20(3)7-8-20/h5-6,9-11H,4,7-8H2,1-3H3. The van der Waals surface area contributed by atoms with Crippen LogP contribution < -0.4 is 5.56 Å². The fourth-order valence-electron chi connectivity index (χ4n) is 3.60. The third-order valence-electron chi connectivity index (χ3n) is 5.83. The van der Waals surface area contributed by atoms with Gasteiger partial charge in [0.2, 0.25) is 11.7 Å². The Morgan fingerprint density at radius 2 is 2.11 bits per heavy atom. The van der Waals surface area contributed by atoms with E-state index < -0.39 is 0 Å². The third kappa shape index (κ3) is 2.42. The molecule has 1 unspecified atom stereocenters. The van der Waals surface area contributed by atoms with Gasteiger partial charge in [0.15, 0.2) is 0 Å². The highest BCUT2D eigenvalue weighted by molar-refractivity contribution is 6.31. The van der Waals surface area contributed by atoms with Crippen LogP contribution in [0.25, 0.3) is 28.1 Å². The SMILES string of the molecule is CCC(C)n1c(=O)c2c(-c3noc(C4(C)CC4)n3)ncn2c2ccc(Cl)cc21. The zero-order valence-electron chi connectivity index (χ0n) is 15.9. The monoisotopic (exact) mass is 397 g/mol. The lowest BCUT2D eigenvalue weighted by molar-refractivity contribution is 0.353.